The third-order valence-electron chi connectivity index (χ3n) is 4.72. The zero-order valence-electron chi connectivity index (χ0n) is 16.4. The number of anilines is 1. The van der Waals surface area contributed by atoms with Crippen molar-refractivity contribution in [2.45, 2.75) is 19.0 Å². The molecule has 0 aromatic heterocycles. The first-order chi connectivity index (χ1) is 14.7. The molecule has 1 unspecified atom stereocenters. The highest BCUT2D eigenvalue weighted by Gasteiger charge is 2.31. The second kappa shape index (κ2) is 9.23. The van der Waals surface area contributed by atoms with Gasteiger partial charge in [-0.3, -0.25) is 4.79 Å². The highest BCUT2D eigenvalue weighted by molar-refractivity contribution is 5.90. The Morgan fingerprint density at radius 1 is 1.32 bits per heavy atom. The van der Waals surface area contributed by atoms with Gasteiger partial charge >= 0.3 is 6.36 Å². The summed E-state index contributed by atoms with van der Waals surface area (Å²) in [5, 5.41) is 25.8. The number of benzene rings is 2. The van der Waals surface area contributed by atoms with Crippen molar-refractivity contribution in [2.75, 3.05) is 18.5 Å². The zero-order chi connectivity index (χ0) is 22.6. The summed E-state index contributed by atoms with van der Waals surface area (Å²) in [6.45, 7) is 3.45. The van der Waals surface area contributed by atoms with E-state index in [1.165, 1.54) is 24.3 Å². The number of nitrogens with one attached hydrogen (secondary N) is 2. The number of aliphatic hydroxyl groups excluding tert-OH is 2. The van der Waals surface area contributed by atoms with Gasteiger partial charge in [-0.2, -0.15) is 0 Å². The van der Waals surface area contributed by atoms with Gasteiger partial charge in [-0.05, 0) is 41.0 Å². The van der Waals surface area contributed by atoms with Gasteiger partial charge < -0.3 is 25.6 Å². The summed E-state index contributed by atoms with van der Waals surface area (Å²) in [6.07, 6.45) is -1.23. The van der Waals surface area contributed by atoms with Gasteiger partial charge in [0.15, 0.2) is 0 Å². The van der Waals surface area contributed by atoms with Crippen molar-refractivity contribution in [1.29, 1.82) is 0 Å². The quantitative estimate of drug-likeness (QED) is 0.501. The lowest BCUT2D eigenvalue weighted by molar-refractivity contribution is -0.274. The van der Waals surface area contributed by atoms with Gasteiger partial charge in [-0.25, -0.2) is 0 Å². The number of ether oxygens (including phenoxy) is 1. The molecule has 6 nitrogen and oxygen atoms in total. The van der Waals surface area contributed by atoms with Crippen LogP contribution in [0.5, 0.6) is 5.75 Å². The highest BCUT2D eigenvalue weighted by Crippen LogP contribution is 2.40. The average Bonchev–Trinajstić information content (AvgIpc) is 2.75. The van der Waals surface area contributed by atoms with E-state index in [-0.39, 0.29) is 12.3 Å². The zero-order valence-corrected chi connectivity index (χ0v) is 16.4. The van der Waals surface area contributed by atoms with Crippen molar-refractivity contribution in [3.05, 3.63) is 65.8 Å². The first kappa shape index (κ1) is 22.4. The number of amides is 1. The maximum absolute atomic E-state index is 12.5. The SMILES string of the molecule is C=CC(=O)NCc1cc(-c2ccc(OC(F)(F)F)cc2)c2c(c1C(O)CO)C=CCN2. The molecule has 0 radical (unpaired) electrons. The smallest absolute Gasteiger partial charge is 0.406 e. The molecule has 1 aliphatic rings. The fraction of sp³-hybridized carbons (Fsp3) is 0.227. The number of rotatable bonds is 7. The van der Waals surface area contributed by atoms with E-state index in [4.69, 9.17) is 0 Å². The van der Waals surface area contributed by atoms with Crippen LogP contribution in [0.3, 0.4) is 0 Å². The van der Waals surface area contributed by atoms with E-state index in [2.05, 4.69) is 21.9 Å². The number of alkyl halides is 3. The largest absolute Gasteiger partial charge is 0.573 e. The summed E-state index contributed by atoms with van der Waals surface area (Å²) in [5.74, 6) is -0.755. The normalized spacial score (nSPS) is 13.7. The minimum absolute atomic E-state index is 0.0562. The Labute approximate surface area is 176 Å². The molecule has 0 spiro atoms. The summed E-state index contributed by atoms with van der Waals surface area (Å²) in [7, 11) is 0. The van der Waals surface area contributed by atoms with Gasteiger partial charge in [0, 0.05) is 29.9 Å². The minimum atomic E-state index is -4.79. The Hall–Kier alpha value is -3.30. The van der Waals surface area contributed by atoms with E-state index >= 15 is 0 Å². The third-order valence-corrected chi connectivity index (χ3v) is 4.72. The van der Waals surface area contributed by atoms with Crippen molar-refractivity contribution in [2.24, 2.45) is 0 Å². The minimum Gasteiger partial charge on any atom is -0.406 e. The van der Waals surface area contributed by atoms with Crippen molar-refractivity contribution in [3.63, 3.8) is 0 Å². The van der Waals surface area contributed by atoms with Crippen LogP contribution in [-0.4, -0.2) is 35.6 Å². The molecule has 0 saturated carbocycles. The number of aliphatic hydroxyl groups is 2. The van der Waals surface area contributed by atoms with E-state index in [1.807, 2.05) is 6.08 Å². The first-order valence-electron chi connectivity index (χ1n) is 9.39. The second-order valence-electron chi connectivity index (χ2n) is 6.76. The van der Waals surface area contributed by atoms with Crippen molar-refractivity contribution >= 4 is 17.7 Å². The fourth-order valence-corrected chi connectivity index (χ4v) is 3.43. The standard InChI is InChI=1S/C22H21F3N2O4/c1-2-19(30)27-11-14-10-17(13-5-7-15(8-6-13)31-22(23,24)25)21-16(4-3-9-26-21)20(14)18(29)12-28/h2-8,10,18,26,28-29H,1,9,11-12H2,(H,27,30). The molecule has 1 atom stereocenters. The molecule has 1 heterocycles. The van der Waals surface area contributed by atoms with Crippen molar-refractivity contribution in [3.8, 4) is 16.9 Å². The molecule has 2 aromatic rings. The summed E-state index contributed by atoms with van der Waals surface area (Å²) in [4.78, 5) is 11.7. The monoisotopic (exact) mass is 434 g/mol. The molecule has 4 N–H and O–H groups in total. The first-order valence-corrected chi connectivity index (χ1v) is 9.39. The van der Waals surface area contributed by atoms with Crippen LogP contribution in [0, 0.1) is 0 Å². The van der Waals surface area contributed by atoms with Crippen LogP contribution in [0.4, 0.5) is 18.9 Å². The van der Waals surface area contributed by atoms with Crippen LogP contribution in [0.15, 0.2) is 49.1 Å². The molecule has 1 amide bonds. The van der Waals surface area contributed by atoms with Crippen LogP contribution in [0.25, 0.3) is 17.2 Å². The number of fused-ring (bicyclic) bond motifs is 1. The second-order valence-corrected chi connectivity index (χ2v) is 6.76. The number of halogens is 3. The van der Waals surface area contributed by atoms with Gasteiger partial charge in [-0.1, -0.05) is 30.9 Å². The van der Waals surface area contributed by atoms with Crippen molar-refractivity contribution < 1.29 is 32.9 Å². The predicted molar refractivity (Wildman–Crippen MR) is 110 cm³/mol. The molecule has 0 aliphatic carbocycles. The number of hydrogen-bond acceptors (Lipinski definition) is 5. The molecular formula is C22H21F3N2O4. The predicted octanol–water partition coefficient (Wildman–Crippen LogP) is 3.52. The molecule has 31 heavy (non-hydrogen) atoms. The molecule has 1 aliphatic heterocycles. The fourth-order valence-electron chi connectivity index (χ4n) is 3.43. The van der Waals surface area contributed by atoms with E-state index in [0.717, 1.165) is 6.08 Å². The molecule has 2 aromatic carbocycles. The topological polar surface area (TPSA) is 90.8 Å². The van der Waals surface area contributed by atoms with E-state index in [1.54, 1.807) is 12.1 Å². The van der Waals surface area contributed by atoms with Crippen molar-refractivity contribution in [1.82, 2.24) is 5.32 Å². The highest BCUT2D eigenvalue weighted by atomic mass is 19.4. The van der Waals surface area contributed by atoms with Gasteiger partial charge in [0.2, 0.25) is 5.91 Å². The summed E-state index contributed by atoms with van der Waals surface area (Å²) in [6, 6.07) is 7.13. The molecule has 0 bridgehead atoms. The molecule has 3 rings (SSSR count). The maximum atomic E-state index is 12.5. The molecular weight excluding hydrogens is 413 g/mol. The van der Waals surface area contributed by atoms with Crippen LogP contribution in [0.2, 0.25) is 0 Å². The Bertz CT molecular complexity index is 1000. The van der Waals surface area contributed by atoms with Gasteiger partial charge in [-0.15, -0.1) is 13.2 Å². The van der Waals surface area contributed by atoms with Crippen LogP contribution in [0.1, 0.15) is 22.8 Å². The number of hydrogen-bond donors (Lipinski definition) is 4. The lowest BCUT2D eigenvalue weighted by atomic mass is 9.87. The van der Waals surface area contributed by atoms with Gasteiger partial charge in [0.1, 0.15) is 11.9 Å². The average molecular weight is 434 g/mol. The Kier molecular flexibility index (Phi) is 6.67. The van der Waals surface area contributed by atoms with Crippen LogP contribution in [-0.2, 0) is 11.3 Å². The Morgan fingerprint density at radius 2 is 2.03 bits per heavy atom. The molecule has 9 heteroatoms. The van der Waals surface area contributed by atoms with Gasteiger partial charge in [0.25, 0.3) is 0 Å². The Balaban J connectivity index is 2.10. The maximum Gasteiger partial charge on any atom is 0.573 e. The summed E-state index contributed by atoms with van der Waals surface area (Å²) in [5.41, 5.74) is 3.56. The lowest BCUT2D eigenvalue weighted by Crippen LogP contribution is -2.23. The number of carbonyl (C=O) groups excluding carboxylic acids is 1. The Morgan fingerprint density at radius 3 is 2.65 bits per heavy atom. The van der Waals surface area contributed by atoms with E-state index in [9.17, 15) is 28.2 Å². The van der Waals surface area contributed by atoms with E-state index in [0.29, 0.717) is 40.0 Å². The van der Waals surface area contributed by atoms with E-state index < -0.39 is 25.0 Å². The van der Waals surface area contributed by atoms with Crippen LogP contribution < -0.4 is 15.4 Å². The summed E-state index contributed by atoms with van der Waals surface area (Å²) >= 11 is 0. The van der Waals surface area contributed by atoms with Gasteiger partial charge in [0.05, 0.1) is 6.61 Å². The van der Waals surface area contributed by atoms with Crippen LogP contribution >= 0.6 is 0 Å². The third kappa shape index (κ3) is 5.25. The molecule has 0 saturated heterocycles. The molecule has 0 fully saturated rings. The summed E-state index contributed by atoms with van der Waals surface area (Å²) < 4.78 is 41.3. The molecule has 164 valence electrons. The number of carbonyl (C=O) groups is 1. The lowest BCUT2D eigenvalue weighted by Gasteiger charge is -2.26.